The molecule has 1 fully saturated rings. The van der Waals surface area contributed by atoms with Gasteiger partial charge in [-0.3, -0.25) is 9.48 Å². The zero-order valence-corrected chi connectivity index (χ0v) is 17.7. The molecule has 2 atom stereocenters. The number of aryl methyl sites for hydroxylation is 1. The third-order valence-electron chi connectivity index (χ3n) is 5.30. The van der Waals surface area contributed by atoms with E-state index >= 15 is 0 Å². The van der Waals surface area contributed by atoms with E-state index in [2.05, 4.69) is 15.4 Å². The second-order valence-electron chi connectivity index (χ2n) is 7.42. The summed E-state index contributed by atoms with van der Waals surface area (Å²) in [4.78, 5) is 19.1. The van der Waals surface area contributed by atoms with Gasteiger partial charge in [0.2, 0.25) is 0 Å². The molecule has 8 nitrogen and oxygen atoms in total. The van der Waals surface area contributed by atoms with Crippen molar-refractivity contribution in [3.63, 3.8) is 0 Å². The fourth-order valence-electron chi connectivity index (χ4n) is 3.62. The maximum atomic E-state index is 14.1. The van der Waals surface area contributed by atoms with Gasteiger partial charge in [-0.25, -0.2) is 13.8 Å². The van der Waals surface area contributed by atoms with Crippen LogP contribution in [0, 0.1) is 5.82 Å². The van der Waals surface area contributed by atoms with Crippen molar-refractivity contribution in [2.45, 2.75) is 25.1 Å². The van der Waals surface area contributed by atoms with Gasteiger partial charge in [0.25, 0.3) is 5.91 Å². The number of carbonyl (C=O) groups is 1. The van der Waals surface area contributed by atoms with Gasteiger partial charge >= 0.3 is 0 Å². The van der Waals surface area contributed by atoms with Crippen LogP contribution in [-0.4, -0.2) is 46.0 Å². The molecule has 11 heteroatoms. The molecule has 1 amide bonds. The maximum absolute atomic E-state index is 14.1. The van der Waals surface area contributed by atoms with Crippen molar-refractivity contribution < 1.29 is 13.6 Å². The minimum absolute atomic E-state index is 0.0137. The highest BCUT2D eigenvalue weighted by atomic mass is 32.1. The highest BCUT2D eigenvalue weighted by Gasteiger charge is 2.27. The lowest BCUT2D eigenvalue weighted by molar-refractivity contribution is 0.102. The van der Waals surface area contributed by atoms with Crippen LogP contribution in [0.3, 0.4) is 0 Å². The molecule has 3 heterocycles. The number of hydrogen-bond acceptors (Lipinski definition) is 7. The lowest BCUT2D eigenvalue weighted by atomic mass is 10.1. The number of alkyl halides is 1. The van der Waals surface area contributed by atoms with Gasteiger partial charge in [0.1, 0.15) is 27.7 Å². The Hall–Kier alpha value is -3.05. The van der Waals surface area contributed by atoms with E-state index in [0.29, 0.717) is 42.4 Å². The molecule has 4 rings (SSSR count). The summed E-state index contributed by atoms with van der Waals surface area (Å²) in [5.41, 5.74) is 12.6. The van der Waals surface area contributed by atoms with Crippen LogP contribution in [0.5, 0.6) is 0 Å². The van der Waals surface area contributed by atoms with Crippen LogP contribution in [0.15, 0.2) is 30.5 Å². The number of nitrogens with zero attached hydrogens (tertiary/aromatic N) is 4. The molecule has 1 aliphatic heterocycles. The molecule has 5 N–H and O–H groups in total. The van der Waals surface area contributed by atoms with Gasteiger partial charge in [0.05, 0.1) is 6.20 Å². The van der Waals surface area contributed by atoms with Gasteiger partial charge in [-0.2, -0.15) is 5.10 Å². The largest absolute Gasteiger partial charge is 0.389 e. The Morgan fingerprint density at radius 3 is 2.81 bits per heavy atom. The fourth-order valence-corrected chi connectivity index (χ4v) is 4.48. The predicted octanol–water partition coefficient (Wildman–Crippen LogP) is 2.78. The van der Waals surface area contributed by atoms with Crippen molar-refractivity contribution in [2.24, 2.45) is 12.8 Å². The van der Waals surface area contributed by atoms with E-state index in [1.807, 2.05) is 4.90 Å². The van der Waals surface area contributed by atoms with Crippen LogP contribution in [0.25, 0.3) is 10.6 Å². The number of aromatic nitrogens is 3. The minimum atomic E-state index is -1.07. The summed E-state index contributed by atoms with van der Waals surface area (Å²) in [5, 5.41) is 7.52. The summed E-state index contributed by atoms with van der Waals surface area (Å²) in [6.45, 7) is 0.994. The Bertz CT molecular complexity index is 1090. The number of amides is 1. The molecule has 0 saturated carbocycles. The molecule has 0 unspecified atom stereocenters. The van der Waals surface area contributed by atoms with Crippen LogP contribution < -0.4 is 21.7 Å². The summed E-state index contributed by atoms with van der Waals surface area (Å²) >= 11 is 1.04. The van der Waals surface area contributed by atoms with Crippen molar-refractivity contribution in [3.05, 3.63) is 42.0 Å². The SMILES string of the molecule is Cn1ncc(NC(=O)c2nc(-c3ccccc3F)sc2N)c1N1CC[C@H](N)[C@@H](F)CC1. The number of nitrogen functional groups attached to an aromatic ring is 1. The predicted molar refractivity (Wildman–Crippen MR) is 117 cm³/mol. The van der Waals surface area contributed by atoms with Crippen LogP contribution in [-0.2, 0) is 7.05 Å². The van der Waals surface area contributed by atoms with Crippen LogP contribution in [0.4, 0.5) is 25.3 Å². The summed E-state index contributed by atoms with van der Waals surface area (Å²) in [5.74, 6) is -0.318. The lowest BCUT2D eigenvalue weighted by Gasteiger charge is -2.24. The number of benzene rings is 1. The summed E-state index contributed by atoms with van der Waals surface area (Å²) in [6.07, 6.45) is 1.24. The topological polar surface area (TPSA) is 115 Å². The molecule has 1 aliphatic rings. The third-order valence-corrected chi connectivity index (χ3v) is 6.22. The van der Waals surface area contributed by atoms with E-state index in [4.69, 9.17) is 11.5 Å². The van der Waals surface area contributed by atoms with Gasteiger partial charge in [-0.15, -0.1) is 0 Å². The molecular weight excluding hydrogens is 424 g/mol. The smallest absolute Gasteiger partial charge is 0.277 e. The summed E-state index contributed by atoms with van der Waals surface area (Å²) in [7, 11) is 1.75. The number of nitrogens with two attached hydrogens (primary N) is 2. The first kappa shape index (κ1) is 21.2. The molecule has 2 aromatic heterocycles. The lowest BCUT2D eigenvalue weighted by Crippen LogP contribution is -2.31. The zero-order valence-electron chi connectivity index (χ0n) is 16.9. The van der Waals surface area contributed by atoms with Crippen molar-refractivity contribution in [3.8, 4) is 10.6 Å². The van der Waals surface area contributed by atoms with E-state index in [1.54, 1.807) is 29.9 Å². The number of carbonyl (C=O) groups excluding carboxylic acids is 1. The Labute approximate surface area is 181 Å². The summed E-state index contributed by atoms with van der Waals surface area (Å²) in [6, 6.07) is 5.66. The first-order valence-electron chi connectivity index (χ1n) is 9.84. The Morgan fingerprint density at radius 2 is 2.03 bits per heavy atom. The summed E-state index contributed by atoms with van der Waals surface area (Å²) < 4.78 is 29.7. The number of hydrogen-bond donors (Lipinski definition) is 3. The first-order valence-corrected chi connectivity index (χ1v) is 10.7. The van der Waals surface area contributed by atoms with Crippen LogP contribution in [0.2, 0.25) is 0 Å². The van der Waals surface area contributed by atoms with E-state index in [9.17, 15) is 13.6 Å². The molecule has 1 saturated heterocycles. The average molecular weight is 448 g/mol. The Balaban J connectivity index is 1.57. The molecule has 0 bridgehead atoms. The number of halogens is 2. The van der Waals surface area contributed by atoms with Crippen molar-refractivity contribution in [2.75, 3.05) is 29.0 Å². The maximum Gasteiger partial charge on any atom is 0.277 e. The van der Waals surface area contributed by atoms with E-state index in [0.717, 1.165) is 11.3 Å². The molecule has 1 aromatic carbocycles. The number of nitrogens with one attached hydrogen (secondary N) is 1. The molecule has 0 spiro atoms. The molecule has 31 heavy (non-hydrogen) atoms. The number of anilines is 3. The number of thiazole rings is 1. The Kier molecular flexibility index (Phi) is 5.88. The van der Waals surface area contributed by atoms with Gasteiger partial charge in [-0.05, 0) is 25.0 Å². The molecular formula is C20H23F2N7OS. The zero-order chi connectivity index (χ0) is 22.1. The van der Waals surface area contributed by atoms with Gasteiger partial charge < -0.3 is 21.7 Å². The molecule has 0 radical (unpaired) electrons. The third kappa shape index (κ3) is 4.23. The van der Waals surface area contributed by atoms with Crippen LogP contribution in [0.1, 0.15) is 23.3 Å². The van der Waals surface area contributed by atoms with Gasteiger partial charge in [0.15, 0.2) is 11.5 Å². The number of rotatable bonds is 4. The second-order valence-corrected chi connectivity index (χ2v) is 8.45. The first-order chi connectivity index (χ1) is 14.8. The molecule has 3 aromatic rings. The normalized spacial score (nSPS) is 19.3. The van der Waals surface area contributed by atoms with E-state index in [-0.39, 0.29) is 16.3 Å². The van der Waals surface area contributed by atoms with E-state index in [1.165, 1.54) is 12.3 Å². The quantitative estimate of drug-likeness (QED) is 0.567. The minimum Gasteiger partial charge on any atom is -0.389 e. The van der Waals surface area contributed by atoms with Crippen molar-refractivity contribution >= 4 is 33.8 Å². The Morgan fingerprint density at radius 1 is 1.29 bits per heavy atom. The van der Waals surface area contributed by atoms with Crippen molar-refractivity contribution in [1.82, 2.24) is 14.8 Å². The fraction of sp³-hybridized carbons (Fsp3) is 0.350. The average Bonchev–Trinajstić information content (AvgIpc) is 3.25. The highest BCUT2D eigenvalue weighted by molar-refractivity contribution is 7.19. The van der Waals surface area contributed by atoms with Gasteiger partial charge in [-0.1, -0.05) is 23.5 Å². The monoisotopic (exact) mass is 447 g/mol. The molecule has 164 valence electrons. The van der Waals surface area contributed by atoms with Crippen LogP contribution >= 0.6 is 11.3 Å². The second kappa shape index (κ2) is 8.60. The van der Waals surface area contributed by atoms with Gasteiger partial charge in [0, 0.05) is 31.7 Å². The molecule has 0 aliphatic carbocycles. The highest BCUT2D eigenvalue weighted by Crippen LogP contribution is 2.33. The standard InChI is InChI=1S/C20H23F2N7OS/c1-28-20(29-8-6-13(22)14(23)7-9-29)15(10-25-28)26-18(30)16-17(24)31-19(27-16)11-4-2-3-5-12(11)21/h2-5,10,13-14H,6-9,23-24H2,1H3,(H,26,30)/t13-,14-/m0/s1. The van der Waals surface area contributed by atoms with Crippen molar-refractivity contribution in [1.29, 1.82) is 0 Å². The van der Waals surface area contributed by atoms with E-state index < -0.39 is 23.9 Å².